The van der Waals surface area contributed by atoms with Crippen molar-refractivity contribution < 1.29 is 4.74 Å². The Hall–Kier alpha value is -1.06. The van der Waals surface area contributed by atoms with Crippen molar-refractivity contribution >= 4 is 5.69 Å². The smallest absolute Gasteiger partial charge is 0.0593 e. The van der Waals surface area contributed by atoms with Crippen LogP contribution >= 0.6 is 0 Å². The third kappa shape index (κ3) is 5.14. The predicted molar refractivity (Wildman–Crippen MR) is 68.3 cm³/mol. The SMILES string of the molecule is CCCOCCN(C)Cc1ccc(N)cc1. The number of ether oxygens (including phenoxy) is 1. The number of anilines is 1. The first-order valence-electron chi connectivity index (χ1n) is 5.83. The monoisotopic (exact) mass is 222 g/mol. The number of likely N-dealkylation sites (N-methyl/N-ethyl adjacent to an activating group) is 1. The van der Waals surface area contributed by atoms with Gasteiger partial charge < -0.3 is 10.5 Å². The van der Waals surface area contributed by atoms with Gasteiger partial charge in [-0.05, 0) is 31.2 Å². The molecule has 0 amide bonds. The first kappa shape index (κ1) is 13.0. The van der Waals surface area contributed by atoms with Crippen LogP contribution in [0.5, 0.6) is 0 Å². The van der Waals surface area contributed by atoms with Crippen LogP contribution in [0.2, 0.25) is 0 Å². The minimum absolute atomic E-state index is 0.805. The van der Waals surface area contributed by atoms with Crippen LogP contribution in [0.15, 0.2) is 24.3 Å². The highest BCUT2D eigenvalue weighted by Gasteiger charge is 1.99. The van der Waals surface area contributed by atoms with Crippen LogP contribution < -0.4 is 5.73 Å². The summed E-state index contributed by atoms with van der Waals surface area (Å²) in [6.07, 6.45) is 1.08. The molecule has 0 radical (unpaired) electrons. The topological polar surface area (TPSA) is 38.5 Å². The molecule has 0 aromatic heterocycles. The summed E-state index contributed by atoms with van der Waals surface area (Å²) in [5.74, 6) is 0. The molecule has 1 aromatic carbocycles. The molecule has 16 heavy (non-hydrogen) atoms. The molecule has 0 fully saturated rings. The number of hydrogen-bond donors (Lipinski definition) is 1. The predicted octanol–water partition coefficient (Wildman–Crippen LogP) is 2.13. The number of nitrogens with two attached hydrogens (primary N) is 1. The van der Waals surface area contributed by atoms with E-state index in [2.05, 4.69) is 31.0 Å². The maximum absolute atomic E-state index is 5.64. The molecule has 0 heterocycles. The fourth-order valence-electron chi connectivity index (χ4n) is 1.48. The summed E-state index contributed by atoms with van der Waals surface area (Å²) in [5.41, 5.74) is 7.74. The van der Waals surface area contributed by atoms with Crippen LogP contribution in [0, 0.1) is 0 Å². The van der Waals surface area contributed by atoms with E-state index in [-0.39, 0.29) is 0 Å². The van der Waals surface area contributed by atoms with Crippen molar-refractivity contribution in [2.45, 2.75) is 19.9 Å². The molecule has 2 N–H and O–H groups in total. The largest absolute Gasteiger partial charge is 0.399 e. The lowest BCUT2D eigenvalue weighted by Gasteiger charge is -2.16. The Labute approximate surface area is 98.2 Å². The van der Waals surface area contributed by atoms with Gasteiger partial charge in [-0.3, -0.25) is 4.90 Å². The summed E-state index contributed by atoms with van der Waals surface area (Å²) < 4.78 is 5.45. The van der Waals surface area contributed by atoms with Crippen LogP contribution in [0.25, 0.3) is 0 Å². The number of nitrogen functional groups attached to an aromatic ring is 1. The molecule has 0 bridgehead atoms. The molecule has 0 aliphatic heterocycles. The second-order valence-electron chi connectivity index (χ2n) is 4.09. The molecule has 0 unspecified atom stereocenters. The summed E-state index contributed by atoms with van der Waals surface area (Å²) in [4.78, 5) is 2.25. The molecule has 0 aliphatic rings. The zero-order valence-corrected chi connectivity index (χ0v) is 10.3. The molecule has 0 spiro atoms. The van der Waals surface area contributed by atoms with Gasteiger partial charge in [0.2, 0.25) is 0 Å². The van der Waals surface area contributed by atoms with Gasteiger partial charge in [0, 0.05) is 25.4 Å². The Morgan fingerprint density at radius 3 is 2.50 bits per heavy atom. The molecular weight excluding hydrogens is 200 g/mol. The third-order valence-corrected chi connectivity index (χ3v) is 2.40. The van der Waals surface area contributed by atoms with Crippen molar-refractivity contribution in [3.63, 3.8) is 0 Å². The maximum Gasteiger partial charge on any atom is 0.0593 e. The highest BCUT2D eigenvalue weighted by atomic mass is 16.5. The number of rotatable bonds is 7. The number of benzene rings is 1. The minimum atomic E-state index is 0.805. The molecule has 1 rings (SSSR count). The first-order chi connectivity index (χ1) is 7.72. The van der Waals surface area contributed by atoms with E-state index in [1.54, 1.807) is 0 Å². The lowest BCUT2D eigenvalue weighted by atomic mass is 10.2. The average molecular weight is 222 g/mol. The van der Waals surface area contributed by atoms with E-state index in [1.807, 2.05) is 12.1 Å². The van der Waals surface area contributed by atoms with Crippen molar-refractivity contribution in [2.24, 2.45) is 0 Å². The third-order valence-electron chi connectivity index (χ3n) is 2.40. The van der Waals surface area contributed by atoms with Gasteiger partial charge in [0.15, 0.2) is 0 Å². The molecule has 0 aliphatic carbocycles. The van der Waals surface area contributed by atoms with E-state index in [0.717, 1.165) is 38.4 Å². The van der Waals surface area contributed by atoms with Gasteiger partial charge in [-0.25, -0.2) is 0 Å². The standard InChI is InChI=1S/C13H22N2O/c1-3-9-16-10-8-15(2)11-12-4-6-13(14)7-5-12/h4-7H,3,8-11,14H2,1-2H3. The Morgan fingerprint density at radius 1 is 1.19 bits per heavy atom. The Kier molecular flexibility index (Phi) is 5.90. The quantitative estimate of drug-likeness (QED) is 0.567. The Morgan fingerprint density at radius 2 is 1.88 bits per heavy atom. The summed E-state index contributed by atoms with van der Waals surface area (Å²) in [6.45, 7) is 5.69. The van der Waals surface area contributed by atoms with Gasteiger partial charge in [0.1, 0.15) is 0 Å². The second-order valence-corrected chi connectivity index (χ2v) is 4.09. The molecular formula is C13H22N2O. The van der Waals surface area contributed by atoms with Crippen molar-refractivity contribution in [3.05, 3.63) is 29.8 Å². The van der Waals surface area contributed by atoms with E-state index in [4.69, 9.17) is 10.5 Å². The summed E-state index contributed by atoms with van der Waals surface area (Å²) in [7, 11) is 2.10. The van der Waals surface area contributed by atoms with Gasteiger partial charge in [0.25, 0.3) is 0 Å². The fraction of sp³-hybridized carbons (Fsp3) is 0.538. The van der Waals surface area contributed by atoms with Gasteiger partial charge in [0.05, 0.1) is 6.61 Å². The van der Waals surface area contributed by atoms with Crippen LogP contribution in [-0.4, -0.2) is 31.7 Å². The van der Waals surface area contributed by atoms with Gasteiger partial charge in [-0.1, -0.05) is 19.1 Å². The van der Waals surface area contributed by atoms with Gasteiger partial charge >= 0.3 is 0 Å². The van der Waals surface area contributed by atoms with Crippen molar-refractivity contribution in [2.75, 3.05) is 32.5 Å². The van der Waals surface area contributed by atoms with Crippen LogP contribution in [-0.2, 0) is 11.3 Å². The summed E-state index contributed by atoms with van der Waals surface area (Å²) in [5, 5.41) is 0. The molecule has 0 atom stereocenters. The zero-order valence-electron chi connectivity index (χ0n) is 10.3. The molecule has 3 heteroatoms. The number of nitrogens with zero attached hydrogens (tertiary/aromatic N) is 1. The van der Waals surface area contributed by atoms with E-state index < -0.39 is 0 Å². The van der Waals surface area contributed by atoms with E-state index in [0.29, 0.717) is 0 Å². The van der Waals surface area contributed by atoms with Crippen LogP contribution in [0.4, 0.5) is 5.69 Å². The maximum atomic E-state index is 5.64. The molecule has 3 nitrogen and oxygen atoms in total. The molecule has 1 aromatic rings. The van der Waals surface area contributed by atoms with Crippen molar-refractivity contribution in [1.82, 2.24) is 4.90 Å². The van der Waals surface area contributed by atoms with Crippen molar-refractivity contribution in [1.29, 1.82) is 0 Å². The number of hydrogen-bond acceptors (Lipinski definition) is 3. The van der Waals surface area contributed by atoms with Gasteiger partial charge in [-0.15, -0.1) is 0 Å². The molecule has 0 saturated carbocycles. The van der Waals surface area contributed by atoms with Gasteiger partial charge in [-0.2, -0.15) is 0 Å². The summed E-state index contributed by atoms with van der Waals surface area (Å²) >= 11 is 0. The fourth-order valence-corrected chi connectivity index (χ4v) is 1.48. The van der Waals surface area contributed by atoms with Crippen LogP contribution in [0.1, 0.15) is 18.9 Å². The Balaban J connectivity index is 2.23. The second kappa shape index (κ2) is 7.25. The van der Waals surface area contributed by atoms with E-state index in [1.165, 1.54) is 5.56 Å². The van der Waals surface area contributed by atoms with Crippen molar-refractivity contribution in [3.8, 4) is 0 Å². The molecule has 90 valence electrons. The summed E-state index contributed by atoms with van der Waals surface area (Å²) in [6, 6.07) is 8.02. The minimum Gasteiger partial charge on any atom is -0.399 e. The normalized spacial score (nSPS) is 10.9. The van der Waals surface area contributed by atoms with Crippen LogP contribution in [0.3, 0.4) is 0 Å². The van der Waals surface area contributed by atoms with E-state index in [9.17, 15) is 0 Å². The highest BCUT2D eigenvalue weighted by Crippen LogP contribution is 2.07. The van der Waals surface area contributed by atoms with E-state index >= 15 is 0 Å². The average Bonchev–Trinajstić information content (AvgIpc) is 2.28. The zero-order chi connectivity index (χ0) is 11.8. The lowest BCUT2D eigenvalue weighted by Crippen LogP contribution is -2.22. The Bertz CT molecular complexity index is 284. The highest BCUT2D eigenvalue weighted by molar-refractivity contribution is 5.39. The lowest BCUT2D eigenvalue weighted by molar-refractivity contribution is 0.110. The molecule has 0 saturated heterocycles. The first-order valence-corrected chi connectivity index (χ1v) is 5.83.